The molecule has 1 aliphatic rings. The van der Waals surface area contributed by atoms with Gasteiger partial charge in [-0.2, -0.15) is 5.26 Å². The molecule has 0 saturated carbocycles. The summed E-state index contributed by atoms with van der Waals surface area (Å²) in [5, 5.41) is 18.1. The van der Waals surface area contributed by atoms with Crippen molar-refractivity contribution in [2.45, 2.75) is 12.6 Å². The van der Waals surface area contributed by atoms with Gasteiger partial charge in [-0.15, -0.1) is 0 Å². The molecule has 2 heterocycles. The van der Waals surface area contributed by atoms with E-state index in [1.54, 1.807) is 12.3 Å². The molecule has 1 aromatic rings. The van der Waals surface area contributed by atoms with Crippen molar-refractivity contribution in [1.29, 1.82) is 5.26 Å². The molecular formula is C13H15N3O3. The van der Waals surface area contributed by atoms with Crippen molar-refractivity contribution < 1.29 is 14.6 Å². The van der Waals surface area contributed by atoms with Crippen LogP contribution in [0.3, 0.4) is 0 Å². The monoisotopic (exact) mass is 261 g/mol. The average molecular weight is 261 g/mol. The lowest BCUT2D eigenvalue weighted by Crippen LogP contribution is -2.40. The number of pyridine rings is 1. The molecule has 0 spiro atoms. The first-order valence-corrected chi connectivity index (χ1v) is 5.98. The van der Waals surface area contributed by atoms with Gasteiger partial charge < -0.3 is 9.84 Å². The third-order valence-corrected chi connectivity index (χ3v) is 3.35. The summed E-state index contributed by atoms with van der Waals surface area (Å²) in [6.07, 6.45) is 1.57. The van der Waals surface area contributed by atoms with Crippen LogP contribution < -0.4 is 0 Å². The van der Waals surface area contributed by atoms with E-state index in [0.717, 1.165) is 5.56 Å². The number of rotatable bonds is 4. The summed E-state index contributed by atoms with van der Waals surface area (Å²) in [4.78, 5) is 17.0. The third kappa shape index (κ3) is 2.89. The quantitative estimate of drug-likeness (QED) is 0.848. The predicted molar refractivity (Wildman–Crippen MR) is 66.2 cm³/mol. The molecule has 100 valence electrons. The molecule has 2 atom stereocenters. The summed E-state index contributed by atoms with van der Waals surface area (Å²) < 4.78 is 5.24. The van der Waals surface area contributed by atoms with Crippen LogP contribution in [-0.4, -0.2) is 47.3 Å². The van der Waals surface area contributed by atoms with Crippen molar-refractivity contribution in [3.63, 3.8) is 0 Å². The summed E-state index contributed by atoms with van der Waals surface area (Å²) in [5.41, 5.74) is 1.17. The third-order valence-electron chi connectivity index (χ3n) is 3.35. The fourth-order valence-electron chi connectivity index (χ4n) is 2.27. The highest BCUT2D eigenvalue weighted by molar-refractivity contribution is 5.71. The maximum Gasteiger partial charge on any atom is 0.310 e. The van der Waals surface area contributed by atoms with Crippen molar-refractivity contribution in [1.82, 2.24) is 9.88 Å². The van der Waals surface area contributed by atoms with Gasteiger partial charge in [0.15, 0.2) is 0 Å². The van der Waals surface area contributed by atoms with Crippen LogP contribution >= 0.6 is 0 Å². The Hall–Kier alpha value is -1.97. The number of nitrogens with zero attached hydrogens (tertiary/aromatic N) is 3. The summed E-state index contributed by atoms with van der Waals surface area (Å²) in [5.74, 6) is -1.37. The van der Waals surface area contributed by atoms with Crippen LogP contribution in [-0.2, 0) is 16.1 Å². The molecular weight excluding hydrogens is 246 g/mol. The lowest BCUT2D eigenvalue weighted by atomic mass is 10.0. The highest BCUT2D eigenvalue weighted by Gasteiger charge is 2.36. The number of nitriles is 1. The van der Waals surface area contributed by atoms with E-state index in [0.29, 0.717) is 18.8 Å². The molecule has 0 radical (unpaired) electrons. The van der Waals surface area contributed by atoms with E-state index in [1.807, 2.05) is 24.1 Å². The molecule has 1 fully saturated rings. The molecule has 0 amide bonds. The molecule has 1 N–H and O–H groups in total. The molecule has 0 aliphatic carbocycles. The van der Waals surface area contributed by atoms with E-state index < -0.39 is 11.9 Å². The fourth-order valence-corrected chi connectivity index (χ4v) is 2.27. The lowest BCUT2D eigenvalue weighted by Gasteiger charge is -2.26. The number of ether oxygens (including phenoxy) is 1. The highest BCUT2D eigenvalue weighted by Crippen LogP contribution is 2.21. The number of hydrogen-bond donors (Lipinski definition) is 1. The van der Waals surface area contributed by atoms with Gasteiger partial charge in [0, 0.05) is 24.3 Å². The number of carbonyl (C=O) groups is 1. The molecule has 0 aromatic carbocycles. The van der Waals surface area contributed by atoms with Gasteiger partial charge in [0.05, 0.1) is 19.1 Å². The second kappa shape index (κ2) is 5.78. The highest BCUT2D eigenvalue weighted by atomic mass is 16.5. The van der Waals surface area contributed by atoms with E-state index in [4.69, 9.17) is 15.1 Å². The average Bonchev–Trinajstić information content (AvgIpc) is 2.88. The van der Waals surface area contributed by atoms with Crippen molar-refractivity contribution in [3.8, 4) is 6.07 Å². The zero-order valence-electron chi connectivity index (χ0n) is 10.6. The smallest absolute Gasteiger partial charge is 0.310 e. The van der Waals surface area contributed by atoms with Crippen LogP contribution in [0.4, 0.5) is 0 Å². The molecule has 2 rings (SSSR count). The largest absolute Gasteiger partial charge is 0.481 e. The zero-order valence-corrected chi connectivity index (χ0v) is 10.6. The fraction of sp³-hybridized carbons (Fsp3) is 0.462. The number of carboxylic acids is 1. The first kappa shape index (κ1) is 13.5. The first-order valence-electron chi connectivity index (χ1n) is 5.98. The van der Waals surface area contributed by atoms with Gasteiger partial charge in [-0.25, -0.2) is 4.98 Å². The van der Waals surface area contributed by atoms with Crippen LogP contribution in [0, 0.1) is 17.2 Å². The summed E-state index contributed by atoms with van der Waals surface area (Å²) in [7, 11) is 1.84. The maximum atomic E-state index is 11.1. The Morgan fingerprint density at radius 1 is 1.68 bits per heavy atom. The predicted octanol–water partition coefficient (Wildman–Crippen LogP) is 0.485. The van der Waals surface area contributed by atoms with Crippen LogP contribution in [0.2, 0.25) is 0 Å². The van der Waals surface area contributed by atoms with Crippen molar-refractivity contribution in [2.75, 3.05) is 20.3 Å². The molecule has 6 heteroatoms. The van der Waals surface area contributed by atoms with Gasteiger partial charge in [0.25, 0.3) is 0 Å². The van der Waals surface area contributed by atoms with Crippen LogP contribution in [0.5, 0.6) is 0 Å². The van der Waals surface area contributed by atoms with Gasteiger partial charge in [0.1, 0.15) is 11.8 Å². The van der Waals surface area contributed by atoms with Gasteiger partial charge in [-0.1, -0.05) is 6.07 Å². The number of likely N-dealkylation sites (N-methyl/N-ethyl adjacent to an activating group) is 1. The summed E-state index contributed by atoms with van der Waals surface area (Å²) in [6.45, 7) is 1.12. The van der Waals surface area contributed by atoms with Crippen LogP contribution in [0.25, 0.3) is 0 Å². The van der Waals surface area contributed by atoms with Gasteiger partial charge in [-0.3, -0.25) is 9.69 Å². The van der Waals surface area contributed by atoms with Crippen molar-refractivity contribution in [2.24, 2.45) is 5.92 Å². The van der Waals surface area contributed by atoms with E-state index in [1.165, 1.54) is 0 Å². The Morgan fingerprint density at radius 2 is 2.47 bits per heavy atom. The van der Waals surface area contributed by atoms with E-state index in [-0.39, 0.29) is 12.6 Å². The van der Waals surface area contributed by atoms with Crippen molar-refractivity contribution in [3.05, 3.63) is 29.6 Å². The van der Waals surface area contributed by atoms with Gasteiger partial charge in [0.2, 0.25) is 0 Å². The Kier molecular flexibility index (Phi) is 4.10. The summed E-state index contributed by atoms with van der Waals surface area (Å²) >= 11 is 0. The van der Waals surface area contributed by atoms with Gasteiger partial charge in [-0.05, 0) is 13.1 Å². The topological polar surface area (TPSA) is 86.5 Å². The minimum atomic E-state index is -0.846. The van der Waals surface area contributed by atoms with E-state index in [9.17, 15) is 4.79 Å². The maximum absolute atomic E-state index is 11.1. The molecule has 0 bridgehead atoms. The number of hydrogen-bond acceptors (Lipinski definition) is 5. The first-order chi connectivity index (χ1) is 9.13. The van der Waals surface area contributed by atoms with Crippen LogP contribution in [0.15, 0.2) is 18.3 Å². The Balaban J connectivity index is 2.11. The standard InChI is InChI=1S/C13H15N3O3/c1-16(12-8-19-7-10(12)13(17)18)6-9-3-2-4-15-11(9)5-14/h2-4,10,12H,6-8H2,1H3,(H,17,18). The van der Waals surface area contributed by atoms with Crippen molar-refractivity contribution >= 4 is 5.97 Å². The number of aromatic nitrogens is 1. The normalized spacial score (nSPS) is 22.4. The van der Waals surface area contributed by atoms with E-state index in [2.05, 4.69) is 4.98 Å². The Bertz CT molecular complexity index is 512. The molecule has 1 saturated heterocycles. The minimum Gasteiger partial charge on any atom is -0.481 e. The molecule has 2 unspecified atom stereocenters. The second-order valence-corrected chi connectivity index (χ2v) is 4.59. The molecule has 1 aromatic heterocycles. The Morgan fingerprint density at radius 3 is 3.16 bits per heavy atom. The van der Waals surface area contributed by atoms with Gasteiger partial charge >= 0.3 is 5.97 Å². The number of aliphatic carboxylic acids is 1. The minimum absolute atomic E-state index is 0.177. The summed E-state index contributed by atoms with van der Waals surface area (Å²) in [6, 6.07) is 5.46. The zero-order chi connectivity index (χ0) is 13.8. The number of carboxylic acid groups (broad SMARTS) is 1. The lowest BCUT2D eigenvalue weighted by molar-refractivity contribution is -0.143. The molecule has 19 heavy (non-hydrogen) atoms. The second-order valence-electron chi connectivity index (χ2n) is 4.59. The molecule has 6 nitrogen and oxygen atoms in total. The van der Waals surface area contributed by atoms with Crippen LogP contribution in [0.1, 0.15) is 11.3 Å². The SMILES string of the molecule is CN(Cc1cccnc1C#N)C1COCC1C(=O)O. The molecule has 1 aliphatic heterocycles. The Labute approximate surface area is 111 Å². The van der Waals surface area contributed by atoms with E-state index >= 15 is 0 Å².